The van der Waals surface area contributed by atoms with E-state index in [2.05, 4.69) is 10.3 Å². The normalized spacial score (nSPS) is 10.2. The maximum Gasteiger partial charge on any atom is 0.285 e. The Labute approximate surface area is 123 Å². The molecule has 0 aliphatic heterocycles. The van der Waals surface area contributed by atoms with Crippen molar-refractivity contribution in [1.29, 1.82) is 0 Å². The summed E-state index contributed by atoms with van der Waals surface area (Å²) in [5.41, 5.74) is 0.0896. The number of nitro benzene ring substituents is 1. The first-order chi connectivity index (χ1) is 9.88. The van der Waals surface area contributed by atoms with Crippen LogP contribution in [0.15, 0.2) is 30.5 Å². The van der Waals surface area contributed by atoms with Crippen LogP contribution >= 0.6 is 11.6 Å². The number of hydrogen-bond donors (Lipinski definition) is 1. The quantitative estimate of drug-likeness (QED) is 0.535. The zero-order valence-corrected chi connectivity index (χ0v) is 11.5. The number of halogens is 2. The van der Waals surface area contributed by atoms with E-state index in [1.165, 1.54) is 6.20 Å². The summed E-state index contributed by atoms with van der Waals surface area (Å²) in [5.74, 6) is -1.57. The molecule has 8 heteroatoms. The summed E-state index contributed by atoms with van der Waals surface area (Å²) in [7, 11) is 0. The number of carbonyl (C=O) groups excluding carboxylic acids is 1. The van der Waals surface area contributed by atoms with Gasteiger partial charge in [0.1, 0.15) is 11.4 Å². The highest BCUT2D eigenvalue weighted by Gasteiger charge is 2.21. The molecule has 1 N–H and O–H groups in total. The smallest absolute Gasteiger partial charge is 0.285 e. The Bertz CT molecular complexity index is 737. The molecule has 0 bridgehead atoms. The second-order valence-electron chi connectivity index (χ2n) is 4.22. The van der Waals surface area contributed by atoms with Gasteiger partial charge in [-0.2, -0.15) is 0 Å². The summed E-state index contributed by atoms with van der Waals surface area (Å²) in [6.07, 6.45) is 1.51. The molecule has 6 nitrogen and oxygen atoms in total. The number of anilines is 1. The third-order valence-corrected chi connectivity index (χ3v) is 2.93. The molecule has 1 aromatic carbocycles. The zero-order chi connectivity index (χ0) is 15.6. The Hall–Kier alpha value is -2.54. The molecule has 0 aliphatic carbocycles. The van der Waals surface area contributed by atoms with E-state index in [0.29, 0.717) is 6.07 Å². The molecule has 0 fully saturated rings. The first kappa shape index (κ1) is 14.9. The predicted molar refractivity (Wildman–Crippen MR) is 75.0 cm³/mol. The number of amides is 1. The van der Waals surface area contributed by atoms with Gasteiger partial charge in [0.15, 0.2) is 5.15 Å². The number of aryl methyl sites for hydroxylation is 1. The molecular weight excluding hydrogens is 301 g/mol. The maximum absolute atomic E-state index is 13.0. The number of aromatic nitrogens is 1. The summed E-state index contributed by atoms with van der Waals surface area (Å²) >= 11 is 5.84. The number of pyridine rings is 1. The van der Waals surface area contributed by atoms with E-state index >= 15 is 0 Å². The fourth-order valence-corrected chi connectivity index (χ4v) is 1.83. The minimum atomic E-state index is -0.825. The van der Waals surface area contributed by atoms with Crippen molar-refractivity contribution in [2.24, 2.45) is 0 Å². The Morgan fingerprint density at radius 1 is 1.43 bits per heavy atom. The van der Waals surface area contributed by atoms with Gasteiger partial charge in [-0.1, -0.05) is 11.6 Å². The molecule has 2 rings (SSSR count). The third kappa shape index (κ3) is 3.32. The van der Waals surface area contributed by atoms with Crippen LogP contribution in [0.25, 0.3) is 0 Å². The molecule has 1 aromatic heterocycles. The van der Waals surface area contributed by atoms with Crippen LogP contribution in [0.5, 0.6) is 0 Å². The van der Waals surface area contributed by atoms with E-state index in [4.69, 9.17) is 11.6 Å². The van der Waals surface area contributed by atoms with E-state index in [0.717, 1.165) is 17.7 Å². The zero-order valence-electron chi connectivity index (χ0n) is 10.8. The average Bonchev–Trinajstić information content (AvgIpc) is 2.42. The Morgan fingerprint density at radius 3 is 2.81 bits per heavy atom. The first-order valence-corrected chi connectivity index (χ1v) is 6.13. The van der Waals surface area contributed by atoms with Crippen molar-refractivity contribution in [3.63, 3.8) is 0 Å². The standard InChI is InChI=1S/C13H9ClFN3O3/c1-7-4-10(12(14)16-6-7)17-13(19)9-3-2-8(15)5-11(9)18(20)21/h2-6H,1H3,(H,17,19). The molecule has 21 heavy (non-hydrogen) atoms. The van der Waals surface area contributed by atoms with E-state index in [1.807, 2.05) is 0 Å². The highest BCUT2D eigenvalue weighted by atomic mass is 35.5. The van der Waals surface area contributed by atoms with Crippen LogP contribution in [0.3, 0.4) is 0 Å². The topological polar surface area (TPSA) is 85.1 Å². The lowest BCUT2D eigenvalue weighted by atomic mass is 10.1. The van der Waals surface area contributed by atoms with Gasteiger partial charge in [-0.15, -0.1) is 0 Å². The number of nitrogens with one attached hydrogen (secondary N) is 1. The molecule has 108 valence electrons. The van der Waals surface area contributed by atoms with Crippen LogP contribution in [0.2, 0.25) is 5.15 Å². The summed E-state index contributed by atoms with van der Waals surface area (Å²) < 4.78 is 13.0. The number of nitro groups is 1. The van der Waals surface area contributed by atoms with Gasteiger partial charge in [0.05, 0.1) is 16.7 Å². The number of benzene rings is 1. The molecule has 0 unspecified atom stereocenters. The van der Waals surface area contributed by atoms with Crippen LogP contribution in [-0.4, -0.2) is 15.8 Å². The Kier molecular flexibility index (Phi) is 4.13. The fourth-order valence-electron chi connectivity index (χ4n) is 1.68. The van der Waals surface area contributed by atoms with Gasteiger partial charge in [0.2, 0.25) is 0 Å². The van der Waals surface area contributed by atoms with Crippen molar-refractivity contribution in [3.05, 3.63) is 62.7 Å². The Balaban J connectivity index is 2.37. The van der Waals surface area contributed by atoms with Crippen LogP contribution in [0, 0.1) is 22.9 Å². The molecule has 0 saturated carbocycles. The second kappa shape index (κ2) is 5.84. The van der Waals surface area contributed by atoms with Crippen molar-refractivity contribution in [2.75, 3.05) is 5.32 Å². The predicted octanol–water partition coefficient (Wildman–Crippen LogP) is 3.34. The first-order valence-electron chi connectivity index (χ1n) is 5.76. The number of nitrogens with zero attached hydrogens (tertiary/aromatic N) is 2. The lowest BCUT2D eigenvalue weighted by Gasteiger charge is -2.08. The van der Waals surface area contributed by atoms with Crippen LogP contribution in [-0.2, 0) is 0 Å². The second-order valence-corrected chi connectivity index (χ2v) is 4.58. The highest BCUT2D eigenvalue weighted by molar-refractivity contribution is 6.32. The molecule has 0 aliphatic rings. The van der Waals surface area contributed by atoms with Gasteiger partial charge in [0, 0.05) is 6.20 Å². The molecule has 0 atom stereocenters. The van der Waals surface area contributed by atoms with Crippen molar-refractivity contribution in [3.8, 4) is 0 Å². The van der Waals surface area contributed by atoms with E-state index in [9.17, 15) is 19.3 Å². The fraction of sp³-hybridized carbons (Fsp3) is 0.0769. The molecule has 0 spiro atoms. The van der Waals surface area contributed by atoms with Gasteiger partial charge >= 0.3 is 0 Å². The summed E-state index contributed by atoms with van der Waals surface area (Å²) in [5, 5.41) is 13.3. The van der Waals surface area contributed by atoms with Crippen LogP contribution in [0.4, 0.5) is 15.8 Å². The van der Waals surface area contributed by atoms with Crippen molar-refractivity contribution >= 4 is 28.9 Å². The Morgan fingerprint density at radius 2 is 2.14 bits per heavy atom. The lowest BCUT2D eigenvalue weighted by Crippen LogP contribution is -2.14. The van der Waals surface area contributed by atoms with E-state index in [1.54, 1.807) is 13.0 Å². The van der Waals surface area contributed by atoms with E-state index < -0.39 is 22.3 Å². The van der Waals surface area contributed by atoms with Crippen molar-refractivity contribution in [1.82, 2.24) is 4.98 Å². The van der Waals surface area contributed by atoms with Crippen molar-refractivity contribution < 1.29 is 14.1 Å². The molecule has 0 saturated heterocycles. The lowest BCUT2D eigenvalue weighted by molar-refractivity contribution is -0.385. The number of carbonyl (C=O) groups is 1. The maximum atomic E-state index is 13.0. The van der Waals surface area contributed by atoms with Crippen LogP contribution in [0.1, 0.15) is 15.9 Å². The minimum absolute atomic E-state index is 0.0544. The number of hydrogen-bond acceptors (Lipinski definition) is 4. The molecule has 1 amide bonds. The largest absolute Gasteiger partial charge is 0.319 e. The van der Waals surface area contributed by atoms with Gasteiger partial charge < -0.3 is 5.32 Å². The number of rotatable bonds is 3. The van der Waals surface area contributed by atoms with Crippen molar-refractivity contribution in [2.45, 2.75) is 6.92 Å². The van der Waals surface area contributed by atoms with E-state index in [-0.39, 0.29) is 16.4 Å². The summed E-state index contributed by atoms with van der Waals surface area (Å²) in [6.45, 7) is 1.75. The third-order valence-electron chi connectivity index (χ3n) is 2.63. The highest BCUT2D eigenvalue weighted by Crippen LogP contribution is 2.24. The van der Waals surface area contributed by atoms with Gasteiger partial charge in [-0.25, -0.2) is 9.37 Å². The van der Waals surface area contributed by atoms with Crippen LogP contribution < -0.4 is 5.32 Å². The minimum Gasteiger partial charge on any atom is -0.319 e. The monoisotopic (exact) mass is 309 g/mol. The SMILES string of the molecule is Cc1cnc(Cl)c(NC(=O)c2ccc(F)cc2[N+](=O)[O-])c1. The van der Waals surface area contributed by atoms with Gasteiger partial charge in [-0.05, 0) is 30.7 Å². The van der Waals surface area contributed by atoms with Gasteiger partial charge in [0.25, 0.3) is 11.6 Å². The summed E-state index contributed by atoms with van der Waals surface area (Å²) in [6, 6.07) is 4.27. The molecule has 1 heterocycles. The van der Waals surface area contributed by atoms with Gasteiger partial charge in [-0.3, -0.25) is 14.9 Å². The average molecular weight is 310 g/mol. The molecular formula is C13H9ClFN3O3. The molecule has 0 radical (unpaired) electrons. The molecule has 2 aromatic rings. The summed E-state index contributed by atoms with van der Waals surface area (Å²) in [4.78, 5) is 26.0.